The molecule has 1 N–H and O–H groups in total. The molecule has 1 fully saturated rings. The Morgan fingerprint density at radius 3 is 2.59 bits per heavy atom. The van der Waals surface area contributed by atoms with Crippen molar-refractivity contribution in [3.63, 3.8) is 0 Å². The van der Waals surface area contributed by atoms with Crippen molar-refractivity contribution in [2.75, 3.05) is 11.9 Å². The number of imidazole rings is 1. The van der Waals surface area contributed by atoms with Crippen molar-refractivity contribution in [1.82, 2.24) is 14.5 Å². The van der Waals surface area contributed by atoms with E-state index >= 15 is 0 Å². The average molecular weight is 392 g/mol. The first-order chi connectivity index (χ1) is 14.1. The molecule has 3 aliphatic rings. The molecule has 3 heterocycles. The molecule has 1 aromatic heterocycles. The predicted molar refractivity (Wildman–Crippen MR) is 108 cm³/mol. The van der Waals surface area contributed by atoms with Gasteiger partial charge in [0.05, 0.1) is 22.9 Å². The van der Waals surface area contributed by atoms with Gasteiger partial charge in [-0.3, -0.25) is 19.3 Å². The zero-order valence-electron chi connectivity index (χ0n) is 16.3. The molecule has 2 atom stereocenters. The summed E-state index contributed by atoms with van der Waals surface area (Å²) in [6, 6.07) is 5.71. The zero-order chi connectivity index (χ0) is 20.0. The maximum absolute atomic E-state index is 12.5. The van der Waals surface area contributed by atoms with E-state index < -0.39 is 0 Å². The lowest BCUT2D eigenvalue weighted by Gasteiger charge is -2.14. The largest absolute Gasteiger partial charge is 0.328 e. The minimum atomic E-state index is -0.363. The summed E-state index contributed by atoms with van der Waals surface area (Å²) in [6.45, 7) is 0.746. The fraction of sp³-hybridized carbons (Fsp3) is 0.455. The van der Waals surface area contributed by atoms with Crippen LogP contribution in [0.1, 0.15) is 37.9 Å². The van der Waals surface area contributed by atoms with Gasteiger partial charge >= 0.3 is 0 Å². The molecule has 5 rings (SSSR count). The lowest BCUT2D eigenvalue weighted by Crippen LogP contribution is -2.38. The Morgan fingerprint density at radius 2 is 1.83 bits per heavy atom. The molecule has 0 radical (unpaired) electrons. The van der Waals surface area contributed by atoms with Gasteiger partial charge in [0.25, 0.3) is 0 Å². The number of fused-ring (bicyclic) bond motifs is 4. The van der Waals surface area contributed by atoms with Gasteiger partial charge in [-0.05, 0) is 43.9 Å². The lowest BCUT2D eigenvalue weighted by atomic mass is 9.85. The fourth-order valence-corrected chi connectivity index (χ4v) is 4.80. The number of rotatable bonds is 3. The normalized spacial score (nSPS) is 23.8. The molecule has 29 heavy (non-hydrogen) atoms. The van der Waals surface area contributed by atoms with Crippen molar-refractivity contribution in [2.24, 2.45) is 11.8 Å². The van der Waals surface area contributed by atoms with E-state index in [1.54, 1.807) is 0 Å². The summed E-state index contributed by atoms with van der Waals surface area (Å²) in [7, 11) is 0. The van der Waals surface area contributed by atoms with Gasteiger partial charge in [-0.15, -0.1) is 0 Å². The molecule has 2 aromatic rings. The van der Waals surface area contributed by atoms with Crippen LogP contribution < -0.4 is 5.32 Å². The number of aromatic nitrogens is 2. The zero-order valence-corrected chi connectivity index (χ0v) is 16.3. The Morgan fingerprint density at radius 1 is 1.07 bits per heavy atom. The van der Waals surface area contributed by atoms with Crippen LogP contribution in [0.15, 0.2) is 30.4 Å². The maximum atomic E-state index is 12.5. The van der Waals surface area contributed by atoms with Gasteiger partial charge in [0.2, 0.25) is 17.7 Å². The standard InChI is InChI=1S/C22H24N4O3/c27-20(13-26-21(28)15-6-3-4-7-16(15)22(26)29)23-14-9-10-18-17(12-14)24-19-8-2-1-5-11-25(18)19/h3-4,9-10,12,15-16H,1-2,5-8,11,13H2,(H,23,27). The van der Waals surface area contributed by atoms with E-state index in [1.807, 2.05) is 30.4 Å². The quantitative estimate of drug-likeness (QED) is 0.643. The highest BCUT2D eigenvalue weighted by atomic mass is 16.2. The predicted octanol–water partition coefficient (Wildman–Crippen LogP) is 2.65. The molecule has 7 nitrogen and oxygen atoms in total. The first-order valence-electron chi connectivity index (χ1n) is 10.4. The van der Waals surface area contributed by atoms with Crippen molar-refractivity contribution >= 4 is 34.4 Å². The minimum absolute atomic E-state index is 0.229. The number of anilines is 1. The van der Waals surface area contributed by atoms with E-state index in [4.69, 9.17) is 4.98 Å². The summed E-state index contributed by atoms with van der Waals surface area (Å²) in [5, 5.41) is 2.83. The number of hydrogen-bond acceptors (Lipinski definition) is 4. The SMILES string of the molecule is O=C(CN1C(=O)C2CC=CCC2C1=O)Nc1ccc2c(c1)nc1n2CCCCC1. The number of nitrogens with zero attached hydrogens (tertiary/aromatic N) is 3. The Balaban J connectivity index is 1.30. The van der Waals surface area contributed by atoms with Crippen molar-refractivity contribution in [2.45, 2.75) is 45.1 Å². The number of carbonyl (C=O) groups excluding carboxylic acids is 3. The van der Waals surface area contributed by atoms with E-state index in [0.29, 0.717) is 18.5 Å². The van der Waals surface area contributed by atoms with Gasteiger partial charge < -0.3 is 9.88 Å². The Kier molecular flexibility index (Phi) is 4.45. The number of nitrogens with one attached hydrogen (secondary N) is 1. The van der Waals surface area contributed by atoms with Crippen molar-refractivity contribution in [3.05, 3.63) is 36.2 Å². The van der Waals surface area contributed by atoms with Gasteiger partial charge in [0.1, 0.15) is 12.4 Å². The molecule has 150 valence electrons. The minimum Gasteiger partial charge on any atom is -0.328 e. The molecule has 1 aromatic carbocycles. The van der Waals surface area contributed by atoms with Gasteiger partial charge in [-0.1, -0.05) is 18.6 Å². The second-order valence-electron chi connectivity index (χ2n) is 8.16. The number of imide groups is 1. The van der Waals surface area contributed by atoms with Crippen molar-refractivity contribution in [1.29, 1.82) is 0 Å². The second kappa shape index (κ2) is 7.13. The smallest absolute Gasteiger partial charge is 0.244 e. The van der Waals surface area contributed by atoms with Crippen LogP contribution in [-0.4, -0.2) is 38.7 Å². The van der Waals surface area contributed by atoms with E-state index in [2.05, 4.69) is 9.88 Å². The Bertz CT molecular complexity index is 1010. The highest BCUT2D eigenvalue weighted by Gasteiger charge is 2.47. The third kappa shape index (κ3) is 3.14. The number of benzene rings is 1. The molecule has 3 amide bonds. The molecule has 0 saturated carbocycles. The highest BCUT2D eigenvalue weighted by molar-refractivity contribution is 6.09. The van der Waals surface area contributed by atoms with E-state index in [1.165, 1.54) is 6.42 Å². The van der Waals surface area contributed by atoms with Crippen LogP contribution in [0.2, 0.25) is 0 Å². The van der Waals surface area contributed by atoms with Crippen LogP contribution in [0.5, 0.6) is 0 Å². The monoisotopic (exact) mass is 392 g/mol. The maximum Gasteiger partial charge on any atom is 0.244 e. The summed E-state index contributed by atoms with van der Waals surface area (Å²) < 4.78 is 2.27. The van der Waals surface area contributed by atoms with Crippen molar-refractivity contribution in [3.8, 4) is 0 Å². The van der Waals surface area contributed by atoms with Crippen LogP contribution in [-0.2, 0) is 27.3 Å². The van der Waals surface area contributed by atoms with Crippen LogP contribution >= 0.6 is 0 Å². The lowest BCUT2D eigenvalue weighted by molar-refractivity contribution is -0.142. The molecular weight excluding hydrogens is 368 g/mol. The summed E-state index contributed by atoms with van der Waals surface area (Å²) in [5.41, 5.74) is 2.58. The number of allylic oxidation sites excluding steroid dienone is 2. The average Bonchev–Trinajstić information content (AvgIpc) is 3.05. The molecule has 0 bridgehead atoms. The van der Waals surface area contributed by atoms with E-state index in [0.717, 1.165) is 47.6 Å². The molecular formula is C22H24N4O3. The van der Waals surface area contributed by atoms with Gasteiger partial charge in [0.15, 0.2) is 0 Å². The number of carbonyl (C=O) groups is 3. The number of amides is 3. The second-order valence-corrected chi connectivity index (χ2v) is 8.16. The molecule has 1 saturated heterocycles. The first-order valence-corrected chi connectivity index (χ1v) is 10.4. The topological polar surface area (TPSA) is 84.3 Å². The van der Waals surface area contributed by atoms with Crippen LogP contribution in [0, 0.1) is 11.8 Å². The van der Waals surface area contributed by atoms with E-state index in [-0.39, 0.29) is 36.1 Å². The third-order valence-corrected chi connectivity index (χ3v) is 6.29. The number of likely N-dealkylation sites (tertiary alicyclic amines) is 1. The molecule has 7 heteroatoms. The van der Waals surface area contributed by atoms with Gasteiger partial charge in [-0.2, -0.15) is 0 Å². The molecule has 2 aliphatic heterocycles. The summed E-state index contributed by atoms with van der Waals surface area (Å²) in [5.74, 6) is -0.334. The number of aryl methyl sites for hydroxylation is 2. The van der Waals surface area contributed by atoms with Crippen molar-refractivity contribution < 1.29 is 14.4 Å². The fourth-order valence-electron chi connectivity index (χ4n) is 4.80. The Hall–Kier alpha value is -2.96. The third-order valence-electron chi connectivity index (χ3n) is 6.29. The van der Waals surface area contributed by atoms with E-state index in [9.17, 15) is 14.4 Å². The molecule has 2 unspecified atom stereocenters. The Labute approximate surface area is 168 Å². The summed E-state index contributed by atoms with van der Waals surface area (Å²) in [6.07, 6.45) is 9.56. The van der Waals surface area contributed by atoms with Crippen LogP contribution in [0.3, 0.4) is 0 Å². The van der Waals surface area contributed by atoms with Gasteiger partial charge in [0, 0.05) is 18.7 Å². The molecule has 0 spiro atoms. The highest BCUT2D eigenvalue weighted by Crippen LogP contribution is 2.35. The summed E-state index contributed by atoms with van der Waals surface area (Å²) in [4.78, 5) is 43.5. The summed E-state index contributed by atoms with van der Waals surface area (Å²) >= 11 is 0. The van der Waals surface area contributed by atoms with Gasteiger partial charge in [-0.25, -0.2) is 4.98 Å². The first kappa shape index (κ1) is 18.1. The van der Waals surface area contributed by atoms with Crippen LogP contribution in [0.4, 0.5) is 5.69 Å². The number of hydrogen-bond donors (Lipinski definition) is 1. The van der Waals surface area contributed by atoms with Crippen LogP contribution in [0.25, 0.3) is 11.0 Å². The molecule has 1 aliphatic carbocycles.